The van der Waals surface area contributed by atoms with E-state index >= 15 is 0 Å². The van der Waals surface area contributed by atoms with E-state index < -0.39 is 72.2 Å². The third-order valence-electron chi connectivity index (χ3n) is 9.85. The molecule has 0 aliphatic carbocycles. The molecule has 18 nitrogen and oxygen atoms in total. The Bertz CT molecular complexity index is 1550. The minimum absolute atomic E-state index is 0.0133. The molecule has 3 amide bonds. The Morgan fingerprint density at radius 2 is 1.41 bits per heavy atom. The predicted octanol–water partition coefficient (Wildman–Crippen LogP) is 2.23. The van der Waals surface area contributed by atoms with E-state index in [1.54, 1.807) is 44.2 Å². The lowest BCUT2D eigenvalue weighted by molar-refractivity contribution is -0.143. The molecular formula is C44H71ClN6O12. The molecule has 0 fully saturated rings. The monoisotopic (exact) mass is 910 g/mol. The Hall–Kier alpha value is -4.49. The first kappa shape index (κ1) is 56.5. The zero-order chi connectivity index (χ0) is 46.8. The summed E-state index contributed by atoms with van der Waals surface area (Å²) in [4.78, 5) is 93.5. The largest absolute Gasteiger partial charge is 0.480 e. The van der Waals surface area contributed by atoms with Gasteiger partial charge >= 0.3 is 5.97 Å². The van der Waals surface area contributed by atoms with E-state index in [0.717, 1.165) is 25.7 Å². The van der Waals surface area contributed by atoms with Crippen LogP contribution in [0.1, 0.15) is 96.5 Å². The molecule has 1 aromatic carbocycles. The number of halogens is 1. The van der Waals surface area contributed by atoms with E-state index in [9.17, 15) is 43.8 Å². The molecule has 0 aromatic heterocycles. The van der Waals surface area contributed by atoms with E-state index in [1.807, 2.05) is 0 Å². The second-order valence-electron chi connectivity index (χ2n) is 15.6. The van der Waals surface area contributed by atoms with Gasteiger partial charge in [-0.3, -0.25) is 33.8 Å². The van der Waals surface area contributed by atoms with Gasteiger partial charge in [0, 0.05) is 76.6 Å². The number of aliphatic imine (C=N–C) groups is 1. The number of alkyl halides is 1. The number of aliphatic hydroxyl groups is 1. The number of ketones is 3. The van der Waals surface area contributed by atoms with Crippen molar-refractivity contribution in [3.05, 3.63) is 35.9 Å². The zero-order valence-electron chi connectivity index (χ0n) is 37.0. The van der Waals surface area contributed by atoms with Crippen LogP contribution < -0.4 is 27.4 Å². The van der Waals surface area contributed by atoms with Gasteiger partial charge in [0.15, 0.2) is 17.5 Å². The van der Waals surface area contributed by atoms with Crippen molar-refractivity contribution in [1.29, 1.82) is 0 Å². The van der Waals surface area contributed by atoms with E-state index in [1.165, 1.54) is 0 Å². The predicted molar refractivity (Wildman–Crippen MR) is 238 cm³/mol. The van der Waals surface area contributed by atoms with Gasteiger partial charge < -0.3 is 51.8 Å². The Labute approximate surface area is 376 Å². The molecular weight excluding hydrogens is 840 g/mol. The number of hydrogen-bond acceptors (Lipinski definition) is 12. The lowest BCUT2D eigenvalue weighted by Crippen LogP contribution is -2.50. The van der Waals surface area contributed by atoms with Crippen LogP contribution in [0, 0.1) is 17.8 Å². The Balaban J connectivity index is 2.57. The highest BCUT2D eigenvalue weighted by molar-refractivity contribution is 6.17. The number of rotatable bonds is 39. The summed E-state index contributed by atoms with van der Waals surface area (Å²) in [6.45, 7) is 4.84. The van der Waals surface area contributed by atoms with E-state index in [2.05, 4.69) is 20.9 Å². The molecule has 356 valence electrons. The quantitative estimate of drug-likeness (QED) is 0.0216. The Kier molecular flexibility index (Phi) is 31.3. The molecule has 0 saturated heterocycles. The van der Waals surface area contributed by atoms with Gasteiger partial charge in [0.2, 0.25) is 17.7 Å². The molecule has 0 aliphatic rings. The van der Waals surface area contributed by atoms with Gasteiger partial charge in [-0.05, 0) is 43.6 Å². The van der Waals surface area contributed by atoms with Crippen molar-refractivity contribution in [2.24, 2.45) is 34.2 Å². The lowest BCUT2D eigenvalue weighted by atomic mass is 9.90. The smallest absolute Gasteiger partial charge is 0.326 e. The van der Waals surface area contributed by atoms with Gasteiger partial charge in [-0.15, -0.1) is 11.6 Å². The number of ether oxygens (including phenoxy) is 3. The number of Topliss-reactive ketones (excluding diaryl/α,β-unsaturated/α-hetero) is 3. The molecule has 0 bridgehead atoms. The maximum absolute atomic E-state index is 13.6. The second-order valence-corrected chi connectivity index (χ2v) is 16.0. The second kappa shape index (κ2) is 34.9. The van der Waals surface area contributed by atoms with Gasteiger partial charge in [-0.1, -0.05) is 57.0 Å². The molecule has 0 aliphatic heterocycles. The van der Waals surface area contributed by atoms with Crippen molar-refractivity contribution in [3.8, 4) is 0 Å². The van der Waals surface area contributed by atoms with Crippen molar-refractivity contribution in [2.75, 3.05) is 65.2 Å². The number of aliphatic carboxylic acids is 1. The summed E-state index contributed by atoms with van der Waals surface area (Å²) >= 11 is 5.66. The van der Waals surface area contributed by atoms with Crippen molar-refractivity contribution in [1.82, 2.24) is 16.0 Å². The fraction of sp³-hybridized carbons (Fsp3) is 0.682. The number of amides is 3. The van der Waals surface area contributed by atoms with Crippen LogP contribution in [0.5, 0.6) is 0 Å². The van der Waals surface area contributed by atoms with Crippen LogP contribution in [0.4, 0.5) is 0 Å². The molecule has 1 rings (SSSR count). The zero-order valence-corrected chi connectivity index (χ0v) is 37.7. The number of nitrogens with zero attached hydrogens (tertiary/aromatic N) is 1. The van der Waals surface area contributed by atoms with Gasteiger partial charge in [-0.2, -0.15) is 0 Å². The first-order valence-corrected chi connectivity index (χ1v) is 22.4. The van der Waals surface area contributed by atoms with Crippen molar-refractivity contribution >= 4 is 58.6 Å². The van der Waals surface area contributed by atoms with Crippen molar-refractivity contribution in [2.45, 2.75) is 109 Å². The summed E-state index contributed by atoms with van der Waals surface area (Å²) in [7, 11) is 0. The van der Waals surface area contributed by atoms with E-state index in [0.29, 0.717) is 57.3 Å². The molecule has 0 saturated carbocycles. The van der Waals surface area contributed by atoms with Gasteiger partial charge in [0.05, 0.1) is 38.4 Å². The normalized spacial score (nSPS) is 13.0. The summed E-state index contributed by atoms with van der Waals surface area (Å²) in [5.74, 6) is -6.11. The molecule has 4 atom stereocenters. The van der Waals surface area contributed by atoms with Crippen LogP contribution in [-0.2, 0) is 54.2 Å². The molecule has 63 heavy (non-hydrogen) atoms. The number of unbranched alkanes of at least 4 members (excludes halogenated alkanes) is 3. The molecule has 9 N–H and O–H groups in total. The summed E-state index contributed by atoms with van der Waals surface area (Å²) < 4.78 is 16.5. The number of guanidine groups is 1. The van der Waals surface area contributed by atoms with Gasteiger partial charge in [0.1, 0.15) is 18.4 Å². The van der Waals surface area contributed by atoms with Crippen LogP contribution >= 0.6 is 11.6 Å². The third-order valence-corrected chi connectivity index (χ3v) is 10.1. The van der Waals surface area contributed by atoms with Crippen LogP contribution in [0.2, 0.25) is 0 Å². The number of hydrogen-bond donors (Lipinski definition) is 7. The van der Waals surface area contributed by atoms with E-state index in [4.69, 9.17) is 37.3 Å². The van der Waals surface area contributed by atoms with Gasteiger partial charge in [0.25, 0.3) is 0 Å². The number of nitrogens with two attached hydrogens (primary N) is 2. The van der Waals surface area contributed by atoms with Crippen molar-refractivity contribution < 1.29 is 58.0 Å². The minimum Gasteiger partial charge on any atom is -0.480 e. The molecule has 0 heterocycles. The highest BCUT2D eigenvalue weighted by Crippen LogP contribution is 2.17. The number of aliphatic hydroxyl groups excluding tert-OH is 1. The Morgan fingerprint density at radius 3 is 2.06 bits per heavy atom. The molecule has 0 unspecified atom stereocenters. The highest BCUT2D eigenvalue weighted by Gasteiger charge is 2.33. The molecule has 0 radical (unpaired) electrons. The van der Waals surface area contributed by atoms with Crippen LogP contribution in [-0.4, -0.2) is 135 Å². The summed E-state index contributed by atoms with van der Waals surface area (Å²) in [5.41, 5.74) is 11.5. The third kappa shape index (κ3) is 28.0. The fourth-order valence-electron chi connectivity index (χ4n) is 6.31. The first-order valence-electron chi connectivity index (χ1n) is 21.8. The standard InChI is InChI=1S/C44H71ClN6O12/c1-31(2)40(38(55)28-34(29-52)42(58)50-37(43(59)60)26-32-12-6-5-7-13-32)51-41(57)33(14-10-19-49-44(46)47)27-36(54)30-63-22-11-15-35(53)16-17-39(56)48-20-23-62-25-24-61-21-9-4-3-8-18-45/h5-7,12-13,31,33-34,37,40,52H,3-4,8-11,14-30H2,1-2H3,(H,48,56)(H,50,58)(H,51,57)(H,59,60)(H4,46,47,49)/t33-,34+,37+,40+/m1/s1. The maximum Gasteiger partial charge on any atom is 0.326 e. The topological polar surface area (TPSA) is 288 Å². The number of carboxylic acid groups (broad SMARTS) is 1. The van der Waals surface area contributed by atoms with Gasteiger partial charge in [-0.25, -0.2) is 4.79 Å². The average molecular weight is 912 g/mol. The summed E-state index contributed by atoms with van der Waals surface area (Å²) in [6.07, 6.45) is 4.57. The number of carboxylic acids is 1. The van der Waals surface area contributed by atoms with Crippen molar-refractivity contribution in [3.63, 3.8) is 0 Å². The maximum atomic E-state index is 13.6. The van der Waals surface area contributed by atoms with Crippen LogP contribution in [0.15, 0.2) is 35.3 Å². The first-order chi connectivity index (χ1) is 30.2. The summed E-state index contributed by atoms with van der Waals surface area (Å²) in [6, 6.07) is 6.26. The van der Waals surface area contributed by atoms with E-state index in [-0.39, 0.29) is 75.9 Å². The number of nitrogens with one attached hydrogen (secondary N) is 3. The van der Waals surface area contributed by atoms with Crippen LogP contribution in [0.25, 0.3) is 0 Å². The fourth-order valence-corrected chi connectivity index (χ4v) is 6.49. The SMILES string of the molecule is CC(C)[C@H](NC(=O)[C@H](CCCN=C(N)N)CC(=O)COCCCC(=O)CCC(=O)NCCOCCOCCCCCCCl)C(=O)C[C@@H](CO)C(=O)N[C@@H](Cc1ccccc1)C(=O)O. The number of benzene rings is 1. The highest BCUT2D eigenvalue weighted by atomic mass is 35.5. The lowest BCUT2D eigenvalue weighted by Gasteiger charge is -2.26. The number of carbonyl (C=O) groups excluding carboxylic acids is 6. The molecule has 0 spiro atoms. The molecule has 19 heteroatoms. The minimum atomic E-state index is -1.31. The average Bonchev–Trinajstić information content (AvgIpc) is 3.24. The summed E-state index contributed by atoms with van der Waals surface area (Å²) in [5, 5.41) is 27.6. The molecule has 1 aromatic rings. The number of carbonyl (C=O) groups is 7. The Morgan fingerprint density at radius 1 is 0.746 bits per heavy atom. The van der Waals surface area contributed by atoms with Crippen LogP contribution in [0.3, 0.4) is 0 Å².